The Hall–Kier alpha value is -1.59. The van der Waals surface area contributed by atoms with Crippen LogP contribution in [0.15, 0.2) is 41.4 Å². The SMILES string of the molecule is CC(C)Cc1ccc(C#N)c(SCCC(=O)Nc2ccc(I)cc2)n1. The first-order valence-electron chi connectivity index (χ1n) is 8.06. The van der Waals surface area contributed by atoms with E-state index in [1.165, 1.54) is 11.8 Å². The maximum absolute atomic E-state index is 12.0. The highest BCUT2D eigenvalue weighted by Crippen LogP contribution is 2.22. The summed E-state index contributed by atoms with van der Waals surface area (Å²) in [5, 5.41) is 12.8. The lowest BCUT2D eigenvalue weighted by Gasteiger charge is -2.08. The number of nitrogens with one attached hydrogen (secondary N) is 1. The van der Waals surface area contributed by atoms with Crippen LogP contribution in [-0.4, -0.2) is 16.6 Å². The highest BCUT2D eigenvalue weighted by atomic mass is 127. The van der Waals surface area contributed by atoms with Gasteiger partial charge >= 0.3 is 0 Å². The number of thioether (sulfide) groups is 1. The van der Waals surface area contributed by atoms with Gasteiger partial charge in [0, 0.05) is 27.1 Å². The third-order valence-electron chi connectivity index (χ3n) is 3.35. The Morgan fingerprint density at radius 1 is 1.28 bits per heavy atom. The number of carbonyl (C=O) groups is 1. The van der Waals surface area contributed by atoms with Crippen molar-refractivity contribution in [2.24, 2.45) is 5.92 Å². The average Bonchev–Trinajstić information content (AvgIpc) is 2.57. The molecule has 0 fully saturated rings. The van der Waals surface area contributed by atoms with Gasteiger partial charge in [-0.2, -0.15) is 5.26 Å². The standard InChI is InChI=1S/C19H20IN3OS/c1-13(2)11-17-6-3-14(12-21)19(23-17)25-10-9-18(24)22-16-7-4-15(20)5-8-16/h3-8,13H,9-11H2,1-2H3,(H,22,24). The Labute approximate surface area is 166 Å². The van der Waals surface area contributed by atoms with Crippen LogP contribution in [0.3, 0.4) is 0 Å². The molecule has 0 saturated carbocycles. The Morgan fingerprint density at radius 3 is 2.64 bits per heavy atom. The first-order valence-corrected chi connectivity index (χ1v) is 10.1. The van der Waals surface area contributed by atoms with Gasteiger partial charge < -0.3 is 5.32 Å². The minimum atomic E-state index is -0.0365. The number of rotatable bonds is 7. The molecule has 2 rings (SSSR count). The Balaban J connectivity index is 1.90. The van der Waals surface area contributed by atoms with E-state index in [-0.39, 0.29) is 5.91 Å². The van der Waals surface area contributed by atoms with Crippen LogP contribution in [0.1, 0.15) is 31.5 Å². The molecule has 1 N–H and O–H groups in total. The number of carbonyl (C=O) groups excluding carboxylic acids is 1. The van der Waals surface area contributed by atoms with Crippen molar-refractivity contribution in [1.29, 1.82) is 5.26 Å². The van der Waals surface area contributed by atoms with Gasteiger partial charge in [-0.3, -0.25) is 4.79 Å². The molecule has 0 aliphatic carbocycles. The van der Waals surface area contributed by atoms with Crippen molar-refractivity contribution in [3.63, 3.8) is 0 Å². The van der Waals surface area contributed by atoms with Gasteiger partial charge in [-0.05, 0) is 71.3 Å². The second-order valence-corrected chi connectivity index (χ2v) is 8.35. The Kier molecular flexibility index (Phi) is 7.72. The van der Waals surface area contributed by atoms with Crippen LogP contribution in [0.2, 0.25) is 0 Å². The molecule has 0 unspecified atom stereocenters. The lowest BCUT2D eigenvalue weighted by atomic mass is 10.1. The van der Waals surface area contributed by atoms with E-state index < -0.39 is 0 Å². The lowest BCUT2D eigenvalue weighted by Crippen LogP contribution is -2.12. The molecule has 1 amide bonds. The highest BCUT2D eigenvalue weighted by Gasteiger charge is 2.09. The second-order valence-electron chi connectivity index (χ2n) is 6.02. The summed E-state index contributed by atoms with van der Waals surface area (Å²) in [6.45, 7) is 4.28. The van der Waals surface area contributed by atoms with Gasteiger partial charge in [0.05, 0.1) is 5.56 Å². The molecule has 0 aliphatic rings. The van der Waals surface area contributed by atoms with Crippen LogP contribution in [-0.2, 0) is 11.2 Å². The number of nitriles is 1. The van der Waals surface area contributed by atoms with Crippen LogP contribution in [0.4, 0.5) is 5.69 Å². The first-order chi connectivity index (χ1) is 12.0. The van der Waals surface area contributed by atoms with E-state index in [9.17, 15) is 10.1 Å². The fourth-order valence-corrected chi connectivity index (χ4v) is 3.49. The summed E-state index contributed by atoms with van der Waals surface area (Å²) in [5.74, 6) is 1.06. The van der Waals surface area contributed by atoms with Crippen molar-refractivity contribution >= 4 is 45.9 Å². The maximum Gasteiger partial charge on any atom is 0.225 e. The van der Waals surface area contributed by atoms with Crippen LogP contribution >= 0.6 is 34.4 Å². The number of hydrogen-bond donors (Lipinski definition) is 1. The molecule has 1 aromatic heterocycles. The molecule has 0 atom stereocenters. The fraction of sp³-hybridized carbons (Fsp3) is 0.316. The normalized spacial score (nSPS) is 10.5. The zero-order chi connectivity index (χ0) is 18.2. The predicted octanol–water partition coefficient (Wildman–Crippen LogP) is 4.88. The van der Waals surface area contributed by atoms with Crippen LogP contribution in [0, 0.1) is 20.8 Å². The molecule has 4 nitrogen and oxygen atoms in total. The molecule has 1 aromatic carbocycles. The first kappa shape index (κ1) is 19.7. The summed E-state index contributed by atoms with van der Waals surface area (Å²) < 4.78 is 1.13. The Morgan fingerprint density at radius 2 is 2.00 bits per heavy atom. The zero-order valence-corrected chi connectivity index (χ0v) is 17.2. The van der Waals surface area contributed by atoms with Crippen molar-refractivity contribution < 1.29 is 4.79 Å². The van der Waals surface area contributed by atoms with Crippen LogP contribution in [0.5, 0.6) is 0 Å². The molecule has 0 radical (unpaired) electrons. The molecule has 0 aliphatic heterocycles. The van der Waals surface area contributed by atoms with E-state index in [0.29, 0.717) is 28.7 Å². The highest BCUT2D eigenvalue weighted by molar-refractivity contribution is 14.1. The van der Waals surface area contributed by atoms with E-state index in [1.54, 1.807) is 0 Å². The van der Waals surface area contributed by atoms with Gasteiger partial charge in [-0.15, -0.1) is 11.8 Å². The molecule has 0 spiro atoms. The quantitative estimate of drug-likeness (QED) is 0.468. The number of hydrogen-bond acceptors (Lipinski definition) is 4. The van der Waals surface area contributed by atoms with Crippen molar-refractivity contribution in [2.45, 2.75) is 31.7 Å². The number of nitrogens with zero attached hydrogens (tertiary/aromatic N) is 2. The number of aromatic nitrogens is 1. The summed E-state index contributed by atoms with van der Waals surface area (Å²) in [6.07, 6.45) is 1.25. The van der Waals surface area contributed by atoms with Crippen molar-refractivity contribution in [1.82, 2.24) is 4.98 Å². The molecule has 0 bridgehead atoms. The second kappa shape index (κ2) is 9.78. The molecule has 130 valence electrons. The van der Waals surface area contributed by atoms with Crippen molar-refractivity contribution in [3.8, 4) is 6.07 Å². The van der Waals surface area contributed by atoms with E-state index >= 15 is 0 Å². The van der Waals surface area contributed by atoms with Gasteiger partial charge in [-0.25, -0.2) is 4.98 Å². The van der Waals surface area contributed by atoms with Gasteiger partial charge in [0.2, 0.25) is 5.91 Å². The molecule has 25 heavy (non-hydrogen) atoms. The largest absolute Gasteiger partial charge is 0.326 e. The summed E-state index contributed by atoms with van der Waals surface area (Å²) in [6, 6.07) is 13.6. The topological polar surface area (TPSA) is 65.8 Å². The maximum atomic E-state index is 12.0. The summed E-state index contributed by atoms with van der Waals surface area (Å²) in [7, 11) is 0. The van der Waals surface area contributed by atoms with Gasteiger partial charge in [-0.1, -0.05) is 13.8 Å². The predicted molar refractivity (Wildman–Crippen MR) is 111 cm³/mol. The van der Waals surface area contributed by atoms with Crippen LogP contribution < -0.4 is 5.32 Å². The smallest absolute Gasteiger partial charge is 0.225 e. The molecular formula is C19H20IN3OS. The summed E-state index contributed by atoms with van der Waals surface area (Å²) >= 11 is 3.68. The third-order valence-corrected chi connectivity index (χ3v) is 5.06. The average molecular weight is 465 g/mol. The molecular weight excluding hydrogens is 445 g/mol. The molecule has 2 aromatic rings. The van der Waals surface area contributed by atoms with Crippen LogP contribution in [0.25, 0.3) is 0 Å². The van der Waals surface area contributed by atoms with Crippen molar-refractivity contribution in [3.05, 3.63) is 51.2 Å². The lowest BCUT2D eigenvalue weighted by molar-refractivity contribution is -0.115. The van der Waals surface area contributed by atoms with E-state index in [4.69, 9.17) is 0 Å². The molecule has 1 heterocycles. The monoisotopic (exact) mass is 465 g/mol. The minimum Gasteiger partial charge on any atom is -0.326 e. The summed E-state index contributed by atoms with van der Waals surface area (Å²) in [5.41, 5.74) is 2.35. The number of amides is 1. The molecule has 6 heteroatoms. The van der Waals surface area contributed by atoms with E-state index in [0.717, 1.165) is 21.4 Å². The van der Waals surface area contributed by atoms with Gasteiger partial charge in [0.25, 0.3) is 0 Å². The van der Waals surface area contributed by atoms with Crippen molar-refractivity contribution in [2.75, 3.05) is 11.1 Å². The zero-order valence-electron chi connectivity index (χ0n) is 14.3. The molecule has 0 saturated heterocycles. The van der Waals surface area contributed by atoms with Gasteiger partial charge in [0.15, 0.2) is 0 Å². The third kappa shape index (κ3) is 6.67. The van der Waals surface area contributed by atoms with E-state index in [1.807, 2.05) is 36.4 Å². The number of pyridine rings is 1. The number of halogens is 1. The van der Waals surface area contributed by atoms with E-state index in [2.05, 4.69) is 52.8 Å². The Bertz CT molecular complexity index is 769. The number of benzene rings is 1. The fourth-order valence-electron chi connectivity index (χ4n) is 2.20. The minimum absolute atomic E-state index is 0.0365. The summed E-state index contributed by atoms with van der Waals surface area (Å²) in [4.78, 5) is 16.6. The number of anilines is 1. The van der Waals surface area contributed by atoms with Gasteiger partial charge in [0.1, 0.15) is 11.1 Å².